The number of unbranched alkanes of at least 4 members (excludes halogenated alkanes) is 14. The second-order valence-electron chi connectivity index (χ2n) is 9.84. The molecule has 1 aromatic heterocycles. The number of aromatic nitrogens is 2. The topological polar surface area (TPSA) is 52.1 Å². The molecule has 0 N–H and O–H groups in total. The maximum absolute atomic E-state index is 12.1. The number of ether oxygens (including phenoxy) is 1. The highest BCUT2D eigenvalue weighted by molar-refractivity contribution is 5.72. The molecule has 194 valence electrons. The average Bonchev–Trinajstić information content (AvgIpc) is 2.88. The normalized spacial score (nSPS) is 11.0. The minimum absolute atomic E-state index is 0.145. The van der Waals surface area contributed by atoms with Gasteiger partial charge in [-0.05, 0) is 43.5 Å². The molecule has 1 heterocycles. The van der Waals surface area contributed by atoms with Crippen molar-refractivity contribution in [3.05, 3.63) is 42.4 Å². The summed E-state index contributed by atoms with van der Waals surface area (Å²) in [5.41, 5.74) is 2.90. The van der Waals surface area contributed by atoms with Crippen LogP contribution in [0.2, 0.25) is 0 Å². The predicted octanol–water partition coefficient (Wildman–Crippen LogP) is 9.26. The summed E-state index contributed by atoms with van der Waals surface area (Å²) >= 11 is 0. The third-order valence-corrected chi connectivity index (χ3v) is 6.61. The number of hydrogen-bond acceptors (Lipinski definition) is 4. The van der Waals surface area contributed by atoms with Crippen molar-refractivity contribution in [2.24, 2.45) is 0 Å². The fourth-order valence-corrected chi connectivity index (χ4v) is 4.35. The van der Waals surface area contributed by atoms with Crippen molar-refractivity contribution in [2.45, 2.75) is 129 Å². The standard InChI is InChI=1S/C31H48N2O2/c1-3-5-7-9-11-13-15-17-19-28-25-33-30(26-32-28)27-21-23-29(24-22-27)35-31(34)20-18-16-14-12-10-8-6-4-2/h21-26H,3-20H2,1-2H3. The number of carbonyl (C=O) groups excluding carboxylic acids is 1. The van der Waals surface area contributed by atoms with Gasteiger partial charge in [-0.3, -0.25) is 14.8 Å². The SMILES string of the molecule is CCCCCCCCCCC(=O)Oc1ccc(-c2cnc(CCCCCCCCCC)cn2)cc1. The minimum atomic E-state index is -0.145. The highest BCUT2D eigenvalue weighted by Gasteiger charge is 2.07. The van der Waals surface area contributed by atoms with E-state index in [-0.39, 0.29) is 5.97 Å². The van der Waals surface area contributed by atoms with Crippen LogP contribution < -0.4 is 4.74 Å². The molecule has 0 aliphatic rings. The Bertz CT molecular complexity index is 787. The lowest BCUT2D eigenvalue weighted by Gasteiger charge is -2.07. The van der Waals surface area contributed by atoms with Gasteiger partial charge in [-0.1, -0.05) is 104 Å². The Kier molecular flexibility index (Phi) is 15.8. The van der Waals surface area contributed by atoms with Gasteiger partial charge in [0.2, 0.25) is 0 Å². The maximum atomic E-state index is 12.1. The fourth-order valence-electron chi connectivity index (χ4n) is 4.35. The van der Waals surface area contributed by atoms with Gasteiger partial charge in [0.25, 0.3) is 0 Å². The van der Waals surface area contributed by atoms with E-state index in [2.05, 4.69) is 23.8 Å². The van der Waals surface area contributed by atoms with Gasteiger partial charge in [0.05, 0.1) is 17.6 Å². The van der Waals surface area contributed by atoms with Crippen LogP contribution >= 0.6 is 0 Å². The Morgan fingerprint density at radius 1 is 0.657 bits per heavy atom. The van der Waals surface area contributed by atoms with Gasteiger partial charge in [-0.25, -0.2) is 0 Å². The van der Waals surface area contributed by atoms with Crippen LogP contribution in [0.25, 0.3) is 11.3 Å². The first-order valence-corrected chi connectivity index (χ1v) is 14.3. The van der Waals surface area contributed by atoms with Crippen LogP contribution in [0.5, 0.6) is 5.75 Å². The number of aryl methyl sites for hydroxylation is 1. The van der Waals surface area contributed by atoms with Gasteiger partial charge in [0.1, 0.15) is 5.75 Å². The number of carbonyl (C=O) groups is 1. The van der Waals surface area contributed by atoms with Gasteiger partial charge in [0, 0.05) is 18.2 Å². The van der Waals surface area contributed by atoms with Crippen LogP contribution in [0, 0.1) is 0 Å². The molecule has 0 saturated heterocycles. The molecule has 4 nitrogen and oxygen atoms in total. The Morgan fingerprint density at radius 2 is 1.20 bits per heavy atom. The van der Waals surface area contributed by atoms with Crippen LogP contribution in [0.15, 0.2) is 36.7 Å². The average molecular weight is 481 g/mol. The van der Waals surface area contributed by atoms with Crippen molar-refractivity contribution in [3.63, 3.8) is 0 Å². The van der Waals surface area contributed by atoms with E-state index >= 15 is 0 Å². The smallest absolute Gasteiger partial charge is 0.311 e. The summed E-state index contributed by atoms with van der Waals surface area (Å²) in [5.74, 6) is 0.450. The molecule has 35 heavy (non-hydrogen) atoms. The monoisotopic (exact) mass is 480 g/mol. The molecular weight excluding hydrogens is 432 g/mol. The highest BCUT2D eigenvalue weighted by atomic mass is 16.5. The van der Waals surface area contributed by atoms with E-state index < -0.39 is 0 Å². The molecule has 0 radical (unpaired) electrons. The second-order valence-corrected chi connectivity index (χ2v) is 9.84. The Hall–Kier alpha value is -2.23. The molecule has 1 aromatic carbocycles. The Morgan fingerprint density at radius 3 is 1.74 bits per heavy atom. The van der Waals surface area contributed by atoms with Gasteiger partial charge in [0.15, 0.2) is 0 Å². The fraction of sp³-hybridized carbons (Fsp3) is 0.645. The van der Waals surface area contributed by atoms with Crippen molar-refractivity contribution >= 4 is 5.97 Å². The summed E-state index contributed by atoms with van der Waals surface area (Å²) < 4.78 is 5.50. The molecule has 0 amide bonds. The Labute approximate surface area is 214 Å². The molecule has 0 fully saturated rings. The zero-order valence-corrected chi connectivity index (χ0v) is 22.4. The molecule has 0 bridgehead atoms. The van der Waals surface area contributed by atoms with E-state index in [0.717, 1.165) is 36.2 Å². The maximum Gasteiger partial charge on any atom is 0.311 e. The van der Waals surface area contributed by atoms with Crippen LogP contribution in [0.4, 0.5) is 0 Å². The molecule has 0 aliphatic heterocycles. The van der Waals surface area contributed by atoms with E-state index in [9.17, 15) is 4.79 Å². The van der Waals surface area contributed by atoms with Crippen molar-refractivity contribution in [1.29, 1.82) is 0 Å². The molecule has 4 heteroatoms. The largest absolute Gasteiger partial charge is 0.427 e. The molecule has 2 aromatic rings. The molecule has 0 atom stereocenters. The first kappa shape index (κ1) is 29.0. The zero-order valence-electron chi connectivity index (χ0n) is 22.4. The molecule has 0 saturated carbocycles. The number of benzene rings is 1. The predicted molar refractivity (Wildman–Crippen MR) is 147 cm³/mol. The number of hydrogen-bond donors (Lipinski definition) is 0. The van der Waals surface area contributed by atoms with Gasteiger partial charge >= 0.3 is 5.97 Å². The van der Waals surface area contributed by atoms with E-state index in [1.54, 1.807) is 0 Å². The van der Waals surface area contributed by atoms with Crippen LogP contribution in [0.3, 0.4) is 0 Å². The molecule has 0 aliphatic carbocycles. The zero-order chi connectivity index (χ0) is 25.0. The Balaban J connectivity index is 1.62. The molecule has 2 rings (SSSR count). The van der Waals surface area contributed by atoms with Crippen LogP contribution in [0.1, 0.15) is 129 Å². The molecule has 0 unspecified atom stereocenters. The summed E-state index contributed by atoms with van der Waals surface area (Å²) in [6, 6.07) is 7.58. The summed E-state index contributed by atoms with van der Waals surface area (Å²) in [6.45, 7) is 4.50. The number of rotatable bonds is 20. The van der Waals surface area contributed by atoms with Gasteiger partial charge in [-0.2, -0.15) is 0 Å². The summed E-state index contributed by atoms with van der Waals surface area (Å²) in [4.78, 5) is 21.3. The van der Waals surface area contributed by atoms with E-state index in [0.29, 0.717) is 12.2 Å². The summed E-state index contributed by atoms with van der Waals surface area (Å²) in [7, 11) is 0. The van der Waals surface area contributed by atoms with Crippen LogP contribution in [-0.2, 0) is 11.2 Å². The van der Waals surface area contributed by atoms with Crippen molar-refractivity contribution in [2.75, 3.05) is 0 Å². The first-order valence-electron chi connectivity index (χ1n) is 14.3. The lowest BCUT2D eigenvalue weighted by Crippen LogP contribution is -2.07. The van der Waals surface area contributed by atoms with E-state index in [1.807, 2.05) is 36.7 Å². The van der Waals surface area contributed by atoms with E-state index in [4.69, 9.17) is 4.74 Å². The molecule has 0 spiro atoms. The minimum Gasteiger partial charge on any atom is -0.427 e. The highest BCUT2D eigenvalue weighted by Crippen LogP contribution is 2.21. The van der Waals surface area contributed by atoms with Gasteiger partial charge in [-0.15, -0.1) is 0 Å². The second kappa shape index (κ2) is 19.0. The summed E-state index contributed by atoms with van der Waals surface area (Å²) in [6.07, 6.45) is 25.6. The van der Waals surface area contributed by atoms with Gasteiger partial charge < -0.3 is 4.74 Å². The lowest BCUT2D eigenvalue weighted by molar-refractivity contribution is -0.134. The molecular formula is C31H48N2O2. The van der Waals surface area contributed by atoms with E-state index in [1.165, 1.54) is 89.9 Å². The quantitative estimate of drug-likeness (QED) is 0.108. The van der Waals surface area contributed by atoms with Crippen molar-refractivity contribution in [3.8, 4) is 17.0 Å². The summed E-state index contributed by atoms with van der Waals surface area (Å²) in [5, 5.41) is 0. The number of esters is 1. The third-order valence-electron chi connectivity index (χ3n) is 6.61. The van der Waals surface area contributed by atoms with Crippen molar-refractivity contribution < 1.29 is 9.53 Å². The third kappa shape index (κ3) is 13.4. The number of nitrogens with zero attached hydrogens (tertiary/aromatic N) is 2. The van der Waals surface area contributed by atoms with Crippen LogP contribution in [-0.4, -0.2) is 15.9 Å². The first-order chi connectivity index (χ1) is 17.2. The van der Waals surface area contributed by atoms with Crippen molar-refractivity contribution in [1.82, 2.24) is 9.97 Å². The lowest BCUT2D eigenvalue weighted by atomic mass is 10.1.